The number of unbranched alkanes of at least 4 members (excludes halogenated alkanes) is 1. The van der Waals surface area contributed by atoms with Crippen molar-refractivity contribution in [3.8, 4) is 0 Å². The van der Waals surface area contributed by atoms with Crippen molar-refractivity contribution in [2.24, 2.45) is 5.92 Å². The zero-order valence-electron chi connectivity index (χ0n) is 14.0. The maximum absolute atomic E-state index is 5.80. The van der Waals surface area contributed by atoms with E-state index in [0.717, 1.165) is 32.2 Å². The lowest BCUT2D eigenvalue weighted by molar-refractivity contribution is -0.0107. The van der Waals surface area contributed by atoms with E-state index in [4.69, 9.17) is 4.74 Å². The van der Waals surface area contributed by atoms with E-state index in [-0.39, 0.29) is 0 Å². The maximum atomic E-state index is 5.80. The van der Waals surface area contributed by atoms with E-state index in [2.05, 4.69) is 37.9 Å². The SMILES string of the molecule is CCCCOCCN1CC(C)(C2CC2)NCC1(C)CC. The Hall–Kier alpha value is -0.120. The van der Waals surface area contributed by atoms with Crippen LogP contribution in [0, 0.1) is 5.92 Å². The van der Waals surface area contributed by atoms with Crippen molar-refractivity contribution in [3.63, 3.8) is 0 Å². The minimum absolute atomic E-state index is 0.294. The van der Waals surface area contributed by atoms with Crippen LogP contribution in [0.1, 0.15) is 59.8 Å². The van der Waals surface area contributed by atoms with Gasteiger partial charge in [0, 0.05) is 37.3 Å². The van der Waals surface area contributed by atoms with Gasteiger partial charge in [-0.05, 0) is 45.4 Å². The second kappa shape index (κ2) is 6.76. The Morgan fingerprint density at radius 1 is 1.20 bits per heavy atom. The van der Waals surface area contributed by atoms with Crippen LogP contribution in [0.4, 0.5) is 0 Å². The van der Waals surface area contributed by atoms with Crippen molar-refractivity contribution < 1.29 is 4.74 Å². The number of ether oxygens (including phenoxy) is 1. The molecule has 0 amide bonds. The third kappa shape index (κ3) is 3.75. The third-order valence-corrected chi connectivity index (χ3v) is 5.54. The Bertz CT molecular complexity index is 305. The number of piperazine rings is 1. The van der Waals surface area contributed by atoms with Crippen molar-refractivity contribution in [2.45, 2.75) is 70.9 Å². The number of hydrogen-bond donors (Lipinski definition) is 1. The highest BCUT2D eigenvalue weighted by molar-refractivity contribution is 5.07. The summed E-state index contributed by atoms with van der Waals surface area (Å²) in [5, 5.41) is 3.86. The number of rotatable bonds is 8. The molecule has 0 aromatic rings. The Balaban J connectivity index is 1.86. The maximum Gasteiger partial charge on any atom is 0.0593 e. The molecule has 3 nitrogen and oxygen atoms in total. The molecular formula is C17H34N2O. The Kier molecular flexibility index (Phi) is 5.49. The molecule has 1 aliphatic heterocycles. The normalized spacial score (nSPS) is 35.4. The topological polar surface area (TPSA) is 24.5 Å². The van der Waals surface area contributed by atoms with Gasteiger partial charge in [-0.15, -0.1) is 0 Å². The van der Waals surface area contributed by atoms with Crippen LogP contribution in [0.3, 0.4) is 0 Å². The van der Waals surface area contributed by atoms with Crippen molar-refractivity contribution >= 4 is 0 Å². The fourth-order valence-corrected chi connectivity index (χ4v) is 3.36. The minimum Gasteiger partial charge on any atom is -0.380 e. The molecular weight excluding hydrogens is 248 g/mol. The van der Waals surface area contributed by atoms with Gasteiger partial charge >= 0.3 is 0 Å². The number of nitrogens with zero attached hydrogens (tertiary/aromatic N) is 1. The lowest BCUT2D eigenvalue weighted by atomic mass is 9.84. The fraction of sp³-hybridized carbons (Fsp3) is 1.00. The Morgan fingerprint density at radius 2 is 1.95 bits per heavy atom. The first-order valence-electron chi connectivity index (χ1n) is 8.62. The van der Waals surface area contributed by atoms with Crippen LogP contribution < -0.4 is 5.32 Å². The molecule has 2 unspecified atom stereocenters. The van der Waals surface area contributed by atoms with Crippen molar-refractivity contribution in [1.82, 2.24) is 10.2 Å². The van der Waals surface area contributed by atoms with Gasteiger partial charge in [-0.1, -0.05) is 20.3 Å². The van der Waals surface area contributed by atoms with Gasteiger partial charge < -0.3 is 10.1 Å². The molecule has 0 spiro atoms. The molecule has 2 aliphatic rings. The average Bonchev–Trinajstić information content (AvgIpc) is 3.27. The fourth-order valence-electron chi connectivity index (χ4n) is 3.36. The first-order chi connectivity index (χ1) is 9.54. The predicted molar refractivity (Wildman–Crippen MR) is 85.1 cm³/mol. The van der Waals surface area contributed by atoms with Crippen LogP contribution in [0.25, 0.3) is 0 Å². The molecule has 20 heavy (non-hydrogen) atoms. The standard InChI is InChI=1S/C17H34N2O/c1-5-7-11-20-12-10-19-14-17(4,15-8-9-15)18-13-16(19,3)6-2/h15,18H,5-14H2,1-4H3. The summed E-state index contributed by atoms with van der Waals surface area (Å²) in [6.07, 6.45) is 6.43. The molecule has 0 bridgehead atoms. The molecule has 2 rings (SSSR count). The van der Waals surface area contributed by atoms with E-state index in [9.17, 15) is 0 Å². The average molecular weight is 282 g/mol. The van der Waals surface area contributed by atoms with Crippen molar-refractivity contribution in [1.29, 1.82) is 0 Å². The number of hydrogen-bond acceptors (Lipinski definition) is 3. The van der Waals surface area contributed by atoms with Crippen LogP contribution in [-0.2, 0) is 4.74 Å². The minimum atomic E-state index is 0.294. The van der Waals surface area contributed by atoms with Gasteiger partial charge in [0.15, 0.2) is 0 Å². The summed E-state index contributed by atoms with van der Waals surface area (Å²) in [5.74, 6) is 0.896. The van der Waals surface area contributed by atoms with Crippen LogP contribution in [-0.4, -0.2) is 48.8 Å². The van der Waals surface area contributed by atoms with Gasteiger partial charge in [0.25, 0.3) is 0 Å². The molecule has 2 fully saturated rings. The van der Waals surface area contributed by atoms with Gasteiger partial charge in [-0.2, -0.15) is 0 Å². The first-order valence-corrected chi connectivity index (χ1v) is 8.62. The lowest BCUT2D eigenvalue weighted by Gasteiger charge is -2.52. The number of nitrogens with one attached hydrogen (secondary N) is 1. The largest absolute Gasteiger partial charge is 0.380 e. The van der Waals surface area contributed by atoms with Crippen LogP contribution in [0.15, 0.2) is 0 Å². The van der Waals surface area contributed by atoms with Gasteiger partial charge in [0.2, 0.25) is 0 Å². The summed E-state index contributed by atoms with van der Waals surface area (Å²) in [6.45, 7) is 14.5. The summed E-state index contributed by atoms with van der Waals surface area (Å²) in [4.78, 5) is 2.69. The molecule has 1 saturated heterocycles. The zero-order chi connectivity index (χ0) is 14.6. The monoisotopic (exact) mass is 282 g/mol. The van der Waals surface area contributed by atoms with Crippen LogP contribution in [0.2, 0.25) is 0 Å². The summed E-state index contributed by atoms with van der Waals surface area (Å²) in [5.41, 5.74) is 0.626. The zero-order valence-corrected chi connectivity index (χ0v) is 14.0. The molecule has 1 heterocycles. The van der Waals surface area contributed by atoms with Crippen LogP contribution >= 0.6 is 0 Å². The lowest BCUT2D eigenvalue weighted by Crippen LogP contribution is -2.69. The van der Waals surface area contributed by atoms with Crippen molar-refractivity contribution in [3.05, 3.63) is 0 Å². The van der Waals surface area contributed by atoms with E-state index in [0.29, 0.717) is 11.1 Å². The van der Waals surface area contributed by atoms with E-state index in [1.165, 1.54) is 38.6 Å². The molecule has 0 radical (unpaired) electrons. The van der Waals surface area contributed by atoms with Gasteiger partial charge in [0.05, 0.1) is 6.61 Å². The van der Waals surface area contributed by atoms with E-state index < -0.39 is 0 Å². The quantitative estimate of drug-likeness (QED) is 0.693. The summed E-state index contributed by atoms with van der Waals surface area (Å²) < 4.78 is 5.80. The summed E-state index contributed by atoms with van der Waals surface area (Å²) >= 11 is 0. The molecule has 3 heteroatoms. The van der Waals surface area contributed by atoms with E-state index >= 15 is 0 Å². The molecule has 118 valence electrons. The highest BCUT2D eigenvalue weighted by Crippen LogP contribution is 2.42. The third-order valence-electron chi connectivity index (χ3n) is 5.54. The highest BCUT2D eigenvalue weighted by atomic mass is 16.5. The van der Waals surface area contributed by atoms with Crippen molar-refractivity contribution in [2.75, 3.05) is 32.8 Å². The molecule has 1 N–H and O–H groups in total. The Labute approximate surface area is 125 Å². The van der Waals surface area contributed by atoms with E-state index in [1.54, 1.807) is 0 Å². The molecule has 0 aromatic carbocycles. The van der Waals surface area contributed by atoms with Gasteiger partial charge in [0.1, 0.15) is 0 Å². The first kappa shape index (κ1) is 16.3. The molecule has 1 aliphatic carbocycles. The molecule has 0 aromatic heterocycles. The second-order valence-electron chi connectivity index (χ2n) is 7.28. The van der Waals surface area contributed by atoms with E-state index in [1.807, 2.05) is 0 Å². The molecule has 2 atom stereocenters. The smallest absolute Gasteiger partial charge is 0.0593 e. The van der Waals surface area contributed by atoms with Crippen LogP contribution in [0.5, 0.6) is 0 Å². The highest BCUT2D eigenvalue weighted by Gasteiger charge is 2.48. The predicted octanol–water partition coefficient (Wildman–Crippen LogP) is 3.05. The second-order valence-corrected chi connectivity index (χ2v) is 7.28. The summed E-state index contributed by atoms with van der Waals surface area (Å²) in [7, 11) is 0. The van der Waals surface area contributed by atoms with Gasteiger partial charge in [-0.3, -0.25) is 4.90 Å². The summed E-state index contributed by atoms with van der Waals surface area (Å²) in [6, 6.07) is 0. The molecule has 1 saturated carbocycles. The van der Waals surface area contributed by atoms with Gasteiger partial charge in [-0.25, -0.2) is 0 Å². The Morgan fingerprint density at radius 3 is 2.55 bits per heavy atom.